The van der Waals surface area contributed by atoms with E-state index in [0.29, 0.717) is 18.7 Å². The van der Waals surface area contributed by atoms with Crippen LogP contribution in [0.15, 0.2) is 54.6 Å². The van der Waals surface area contributed by atoms with Gasteiger partial charge in [0, 0.05) is 19.1 Å². The average Bonchev–Trinajstić information content (AvgIpc) is 3.06. The van der Waals surface area contributed by atoms with Crippen molar-refractivity contribution in [2.75, 3.05) is 13.2 Å². The number of primary amides is 1. The highest BCUT2D eigenvalue weighted by Crippen LogP contribution is 2.34. The summed E-state index contributed by atoms with van der Waals surface area (Å²) in [6.07, 6.45) is 0.932. The molecule has 126 valence electrons. The summed E-state index contributed by atoms with van der Waals surface area (Å²) in [4.78, 5) is 11.8. The van der Waals surface area contributed by atoms with Gasteiger partial charge in [-0.15, -0.1) is 0 Å². The van der Waals surface area contributed by atoms with Gasteiger partial charge in [-0.2, -0.15) is 0 Å². The fourth-order valence-corrected chi connectivity index (χ4v) is 3.16. The maximum atomic E-state index is 13.1. The van der Waals surface area contributed by atoms with Crippen LogP contribution in [0.3, 0.4) is 0 Å². The highest BCUT2D eigenvalue weighted by Gasteiger charge is 2.30. The first kappa shape index (κ1) is 16.6. The number of carbonyl (C=O) groups is 1. The third kappa shape index (κ3) is 3.80. The predicted octanol–water partition coefficient (Wildman–Crippen LogP) is 2.72. The Hall–Kier alpha value is -2.24. The Morgan fingerprint density at radius 2 is 1.92 bits per heavy atom. The summed E-state index contributed by atoms with van der Waals surface area (Å²) in [5, 5.41) is 3.22. The normalized spacial score (nSPS) is 21.5. The summed E-state index contributed by atoms with van der Waals surface area (Å²) in [7, 11) is 0. The second-order valence-electron chi connectivity index (χ2n) is 6.05. The third-order valence-electron chi connectivity index (χ3n) is 4.41. The number of hydrogen-bond donors (Lipinski definition) is 2. The lowest BCUT2D eigenvalue weighted by Gasteiger charge is -2.22. The molecule has 0 unspecified atom stereocenters. The molecule has 3 rings (SSSR count). The summed E-state index contributed by atoms with van der Waals surface area (Å²) in [5.74, 6) is -0.554. The molecule has 1 fully saturated rings. The minimum atomic E-state index is -0.636. The van der Waals surface area contributed by atoms with Crippen LogP contribution in [0, 0.1) is 11.7 Å². The smallest absolute Gasteiger partial charge is 0.239 e. The van der Waals surface area contributed by atoms with Crippen molar-refractivity contribution in [2.24, 2.45) is 11.7 Å². The van der Waals surface area contributed by atoms with Crippen LogP contribution in [-0.2, 0) is 9.53 Å². The van der Waals surface area contributed by atoms with Crippen LogP contribution in [0.25, 0.3) is 0 Å². The molecule has 1 heterocycles. The molecule has 24 heavy (non-hydrogen) atoms. The number of benzene rings is 2. The van der Waals surface area contributed by atoms with E-state index in [-0.39, 0.29) is 17.8 Å². The number of nitrogens with one attached hydrogen (secondary N) is 1. The predicted molar refractivity (Wildman–Crippen MR) is 89.6 cm³/mol. The molecule has 0 aliphatic carbocycles. The van der Waals surface area contributed by atoms with Crippen LogP contribution < -0.4 is 11.1 Å². The highest BCUT2D eigenvalue weighted by molar-refractivity contribution is 5.81. The third-order valence-corrected chi connectivity index (χ3v) is 4.41. The Bertz CT molecular complexity index is 676. The number of hydrogen-bond acceptors (Lipinski definition) is 3. The standard InChI is InChI=1S/C19H21FN2O2/c20-16-8-6-13(7-9-16)17(19(21)23)22-12-15-10-11-24-18(15)14-4-2-1-3-5-14/h1-9,15,17-18,22H,10-12H2,(H2,21,23)/t15-,17+,18-/m1/s1. The van der Waals surface area contributed by atoms with E-state index in [1.165, 1.54) is 12.1 Å². The van der Waals surface area contributed by atoms with Crippen LogP contribution in [0.2, 0.25) is 0 Å². The largest absolute Gasteiger partial charge is 0.373 e. The summed E-state index contributed by atoms with van der Waals surface area (Å²) in [5.41, 5.74) is 7.31. The lowest BCUT2D eigenvalue weighted by atomic mass is 9.94. The van der Waals surface area contributed by atoms with E-state index in [1.54, 1.807) is 12.1 Å². The lowest BCUT2D eigenvalue weighted by Crippen LogP contribution is -2.37. The highest BCUT2D eigenvalue weighted by atomic mass is 19.1. The topological polar surface area (TPSA) is 64.4 Å². The van der Waals surface area contributed by atoms with Crippen LogP contribution in [0.4, 0.5) is 4.39 Å². The van der Waals surface area contributed by atoms with Gasteiger partial charge in [-0.05, 0) is 29.7 Å². The van der Waals surface area contributed by atoms with E-state index in [1.807, 2.05) is 18.2 Å². The van der Waals surface area contributed by atoms with Crippen LogP contribution in [-0.4, -0.2) is 19.1 Å². The van der Waals surface area contributed by atoms with Crippen LogP contribution >= 0.6 is 0 Å². The van der Waals surface area contributed by atoms with Gasteiger partial charge >= 0.3 is 0 Å². The van der Waals surface area contributed by atoms with Gasteiger partial charge in [0.1, 0.15) is 11.9 Å². The number of amides is 1. The van der Waals surface area contributed by atoms with Crippen molar-refractivity contribution in [2.45, 2.75) is 18.6 Å². The van der Waals surface area contributed by atoms with E-state index in [4.69, 9.17) is 10.5 Å². The van der Waals surface area contributed by atoms with Crippen LogP contribution in [0.5, 0.6) is 0 Å². The van der Waals surface area contributed by atoms with Crippen molar-refractivity contribution >= 4 is 5.91 Å². The molecule has 4 nitrogen and oxygen atoms in total. The Kier molecular flexibility index (Phi) is 5.23. The van der Waals surface area contributed by atoms with E-state index in [2.05, 4.69) is 17.4 Å². The van der Waals surface area contributed by atoms with Gasteiger partial charge in [-0.3, -0.25) is 4.79 Å². The van der Waals surface area contributed by atoms with Crippen molar-refractivity contribution in [1.29, 1.82) is 0 Å². The van der Waals surface area contributed by atoms with Crippen LogP contribution in [0.1, 0.15) is 29.7 Å². The first-order valence-electron chi connectivity index (χ1n) is 8.10. The molecule has 1 aliphatic rings. The van der Waals surface area contributed by atoms with Crippen molar-refractivity contribution in [3.05, 3.63) is 71.5 Å². The summed E-state index contributed by atoms with van der Waals surface area (Å²) >= 11 is 0. The average molecular weight is 328 g/mol. The summed E-state index contributed by atoms with van der Waals surface area (Å²) in [6.45, 7) is 1.30. The Labute approximate surface area is 140 Å². The Balaban J connectivity index is 1.68. The molecule has 0 bridgehead atoms. The number of halogens is 1. The second-order valence-corrected chi connectivity index (χ2v) is 6.05. The van der Waals surface area contributed by atoms with Gasteiger partial charge in [0.15, 0.2) is 0 Å². The minimum absolute atomic E-state index is 0.0143. The quantitative estimate of drug-likeness (QED) is 0.857. The van der Waals surface area contributed by atoms with Gasteiger partial charge in [0.05, 0.1) is 6.10 Å². The maximum absolute atomic E-state index is 13.1. The van der Waals surface area contributed by atoms with Crippen molar-refractivity contribution < 1.29 is 13.9 Å². The molecule has 3 atom stereocenters. The zero-order chi connectivity index (χ0) is 16.9. The molecular weight excluding hydrogens is 307 g/mol. The molecule has 3 N–H and O–H groups in total. The fourth-order valence-electron chi connectivity index (χ4n) is 3.16. The minimum Gasteiger partial charge on any atom is -0.373 e. The van der Waals surface area contributed by atoms with Gasteiger partial charge < -0.3 is 15.8 Å². The number of nitrogens with two attached hydrogens (primary N) is 1. The van der Waals surface area contributed by atoms with Gasteiger partial charge in [-0.1, -0.05) is 42.5 Å². The molecule has 5 heteroatoms. The molecule has 0 radical (unpaired) electrons. The second kappa shape index (κ2) is 7.55. The van der Waals surface area contributed by atoms with Crippen molar-refractivity contribution in [1.82, 2.24) is 5.32 Å². The van der Waals surface area contributed by atoms with E-state index in [0.717, 1.165) is 12.0 Å². The zero-order valence-corrected chi connectivity index (χ0v) is 13.3. The molecule has 2 aromatic carbocycles. The molecule has 1 aliphatic heterocycles. The SMILES string of the molecule is NC(=O)[C@@H](NC[C@H]1CCO[C@@H]1c1ccccc1)c1ccc(F)cc1. The fraction of sp³-hybridized carbons (Fsp3) is 0.316. The Morgan fingerprint density at radius 3 is 2.58 bits per heavy atom. The molecule has 1 saturated heterocycles. The lowest BCUT2D eigenvalue weighted by molar-refractivity contribution is -0.120. The molecule has 0 spiro atoms. The molecule has 0 aromatic heterocycles. The monoisotopic (exact) mass is 328 g/mol. The molecule has 0 saturated carbocycles. The molecule has 1 amide bonds. The zero-order valence-electron chi connectivity index (χ0n) is 13.3. The van der Waals surface area contributed by atoms with E-state index in [9.17, 15) is 9.18 Å². The van der Waals surface area contributed by atoms with Gasteiger partial charge in [0.2, 0.25) is 5.91 Å². The number of ether oxygens (including phenoxy) is 1. The van der Waals surface area contributed by atoms with Crippen molar-refractivity contribution in [3.8, 4) is 0 Å². The maximum Gasteiger partial charge on any atom is 0.239 e. The molecular formula is C19H21FN2O2. The van der Waals surface area contributed by atoms with E-state index < -0.39 is 11.9 Å². The van der Waals surface area contributed by atoms with Crippen molar-refractivity contribution in [3.63, 3.8) is 0 Å². The number of carbonyl (C=O) groups excluding carboxylic acids is 1. The first-order valence-corrected chi connectivity index (χ1v) is 8.10. The molecule has 2 aromatic rings. The summed E-state index contributed by atoms with van der Waals surface area (Å²) in [6, 6.07) is 15.2. The van der Waals surface area contributed by atoms with E-state index >= 15 is 0 Å². The van der Waals surface area contributed by atoms with Gasteiger partial charge in [0.25, 0.3) is 0 Å². The Morgan fingerprint density at radius 1 is 1.21 bits per heavy atom. The number of rotatable bonds is 6. The summed E-state index contributed by atoms with van der Waals surface area (Å²) < 4.78 is 18.9. The van der Waals surface area contributed by atoms with Gasteiger partial charge in [-0.25, -0.2) is 4.39 Å². The first-order chi connectivity index (χ1) is 11.6.